The van der Waals surface area contributed by atoms with Gasteiger partial charge in [-0.1, -0.05) is 29.8 Å². The van der Waals surface area contributed by atoms with E-state index in [4.69, 9.17) is 0 Å². The van der Waals surface area contributed by atoms with Crippen LogP contribution in [0.5, 0.6) is 0 Å². The second-order valence-corrected chi connectivity index (χ2v) is 7.15. The number of hydrogen-bond acceptors (Lipinski definition) is 1. The lowest BCUT2D eigenvalue weighted by atomic mass is 9.91. The fourth-order valence-corrected chi connectivity index (χ4v) is 3.42. The highest BCUT2D eigenvalue weighted by Gasteiger charge is 2.32. The summed E-state index contributed by atoms with van der Waals surface area (Å²) in [5, 5.41) is 3.02. The van der Waals surface area contributed by atoms with Gasteiger partial charge >= 0.3 is 0 Å². The lowest BCUT2D eigenvalue weighted by Crippen LogP contribution is -3.18. The Labute approximate surface area is 129 Å². The summed E-state index contributed by atoms with van der Waals surface area (Å²) in [5.41, 5.74) is 0.863. The van der Waals surface area contributed by atoms with Gasteiger partial charge in [0, 0.05) is 22.0 Å². The van der Waals surface area contributed by atoms with E-state index in [2.05, 4.69) is 35.1 Å². The highest BCUT2D eigenvalue weighted by atomic mass is 79.9. The summed E-state index contributed by atoms with van der Waals surface area (Å²) in [6.45, 7) is 8.80. The van der Waals surface area contributed by atoms with Crippen molar-refractivity contribution in [1.29, 1.82) is 0 Å². The van der Waals surface area contributed by atoms with Gasteiger partial charge in [-0.25, -0.2) is 0 Å². The van der Waals surface area contributed by atoms with Crippen LogP contribution in [-0.2, 0) is 4.79 Å². The van der Waals surface area contributed by atoms with E-state index in [0.29, 0.717) is 11.8 Å². The van der Waals surface area contributed by atoms with Gasteiger partial charge in [0.15, 0.2) is 6.04 Å². The molecule has 0 saturated carbocycles. The minimum Gasteiger partial charge on any atom is -0.324 e. The summed E-state index contributed by atoms with van der Waals surface area (Å²) in [6.07, 6.45) is 1.28. The maximum Gasteiger partial charge on any atom is 0.282 e. The molecule has 3 nitrogen and oxygen atoms in total. The zero-order chi connectivity index (χ0) is 14.7. The maximum absolute atomic E-state index is 12.4. The molecule has 1 aromatic rings. The number of carbonyl (C=O) groups is 1. The van der Waals surface area contributed by atoms with E-state index in [1.54, 1.807) is 0 Å². The van der Waals surface area contributed by atoms with Gasteiger partial charge in [0.25, 0.3) is 5.91 Å². The number of likely N-dealkylation sites (tertiary alicyclic amines) is 1. The molecule has 0 aliphatic carbocycles. The van der Waals surface area contributed by atoms with Crippen molar-refractivity contribution in [2.24, 2.45) is 11.8 Å². The number of amides is 1. The highest BCUT2D eigenvalue weighted by Crippen LogP contribution is 2.15. The zero-order valence-corrected chi connectivity index (χ0v) is 14.0. The van der Waals surface area contributed by atoms with Crippen molar-refractivity contribution in [3.63, 3.8) is 0 Å². The van der Waals surface area contributed by atoms with Crippen LogP contribution in [0.3, 0.4) is 0 Å². The smallest absolute Gasteiger partial charge is 0.282 e. The third-order valence-electron chi connectivity index (χ3n) is 4.14. The molecule has 3 atom stereocenters. The Kier molecular flexibility index (Phi) is 5.22. The van der Waals surface area contributed by atoms with Crippen LogP contribution in [-0.4, -0.2) is 25.0 Å². The minimum atomic E-state index is 0.00356. The average Bonchev–Trinajstić information content (AvgIpc) is 2.39. The van der Waals surface area contributed by atoms with Gasteiger partial charge in [-0.2, -0.15) is 0 Å². The molecule has 1 aliphatic rings. The lowest BCUT2D eigenvalue weighted by molar-refractivity contribution is -0.925. The van der Waals surface area contributed by atoms with Gasteiger partial charge < -0.3 is 10.2 Å². The number of nitrogens with one attached hydrogen (secondary N) is 2. The molecule has 4 heteroatoms. The van der Waals surface area contributed by atoms with Crippen LogP contribution in [0, 0.1) is 11.8 Å². The number of benzene rings is 1. The molecule has 1 amide bonds. The van der Waals surface area contributed by atoms with Crippen molar-refractivity contribution in [2.45, 2.75) is 33.2 Å². The molecule has 0 radical (unpaired) electrons. The molecule has 0 unspecified atom stereocenters. The minimum absolute atomic E-state index is 0.00356. The van der Waals surface area contributed by atoms with E-state index >= 15 is 0 Å². The Morgan fingerprint density at radius 3 is 2.35 bits per heavy atom. The summed E-state index contributed by atoms with van der Waals surface area (Å²) >= 11 is 3.40. The van der Waals surface area contributed by atoms with Crippen molar-refractivity contribution < 1.29 is 9.69 Å². The van der Waals surface area contributed by atoms with Crippen molar-refractivity contribution in [2.75, 3.05) is 18.4 Å². The molecule has 0 spiro atoms. The quantitative estimate of drug-likeness (QED) is 0.870. The second kappa shape index (κ2) is 6.72. The summed E-state index contributed by atoms with van der Waals surface area (Å²) in [6, 6.07) is 7.73. The van der Waals surface area contributed by atoms with Crippen LogP contribution in [0.2, 0.25) is 0 Å². The third kappa shape index (κ3) is 4.06. The predicted molar refractivity (Wildman–Crippen MR) is 85.9 cm³/mol. The Balaban J connectivity index is 1.96. The van der Waals surface area contributed by atoms with Crippen LogP contribution in [0.25, 0.3) is 0 Å². The van der Waals surface area contributed by atoms with E-state index in [0.717, 1.165) is 23.2 Å². The van der Waals surface area contributed by atoms with Crippen molar-refractivity contribution >= 4 is 27.5 Å². The fraction of sp³-hybridized carbons (Fsp3) is 0.562. The first-order valence-corrected chi connectivity index (χ1v) is 8.16. The third-order valence-corrected chi connectivity index (χ3v) is 4.67. The van der Waals surface area contributed by atoms with Gasteiger partial charge in [-0.3, -0.25) is 4.79 Å². The summed E-state index contributed by atoms with van der Waals surface area (Å²) < 4.78 is 1.02. The molecular formula is C16H24BrN2O+. The maximum atomic E-state index is 12.4. The van der Waals surface area contributed by atoms with Crippen LogP contribution in [0.1, 0.15) is 27.2 Å². The van der Waals surface area contributed by atoms with E-state index in [9.17, 15) is 4.79 Å². The number of rotatable bonds is 3. The zero-order valence-electron chi connectivity index (χ0n) is 12.4. The van der Waals surface area contributed by atoms with Gasteiger partial charge in [0.1, 0.15) is 0 Å². The summed E-state index contributed by atoms with van der Waals surface area (Å²) in [7, 11) is 0. The molecule has 2 rings (SSSR count). The largest absolute Gasteiger partial charge is 0.324 e. The molecule has 1 fully saturated rings. The molecule has 1 heterocycles. The van der Waals surface area contributed by atoms with E-state index < -0.39 is 0 Å². The average molecular weight is 340 g/mol. The second-order valence-electron chi connectivity index (χ2n) is 6.23. The number of quaternary nitrogens is 1. The normalized spacial score (nSPS) is 27.9. The topological polar surface area (TPSA) is 33.5 Å². The molecule has 1 saturated heterocycles. The molecule has 1 aromatic carbocycles. The molecule has 0 aromatic heterocycles. The van der Waals surface area contributed by atoms with Crippen LogP contribution in [0.15, 0.2) is 28.7 Å². The lowest BCUT2D eigenvalue weighted by Gasteiger charge is -2.35. The van der Waals surface area contributed by atoms with Gasteiger partial charge in [-0.05, 0) is 37.6 Å². The SMILES string of the molecule is C[C@@H]1C[C@@H](C)C[NH+]([C@@H](C)C(=O)Nc2ccc(Br)cc2)C1. The first-order valence-electron chi connectivity index (χ1n) is 7.36. The molecule has 20 heavy (non-hydrogen) atoms. The Bertz CT molecular complexity index is 450. The molecule has 2 N–H and O–H groups in total. The number of carbonyl (C=O) groups excluding carboxylic acids is 1. The van der Waals surface area contributed by atoms with E-state index in [1.807, 2.05) is 31.2 Å². The number of anilines is 1. The molecular weight excluding hydrogens is 316 g/mol. The number of piperidine rings is 1. The number of halogens is 1. The van der Waals surface area contributed by atoms with Gasteiger partial charge in [-0.15, -0.1) is 0 Å². The molecule has 0 bridgehead atoms. The van der Waals surface area contributed by atoms with Crippen molar-refractivity contribution in [1.82, 2.24) is 0 Å². The molecule has 1 aliphatic heterocycles. The first kappa shape index (κ1) is 15.5. The van der Waals surface area contributed by atoms with Crippen LogP contribution >= 0.6 is 15.9 Å². The van der Waals surface area contributed by atoms with Crippen molar-refractivity contribution in [3.05, 3.63) is 28.7 Å². The Morgan fingerprint density at radius 2 is 1.80 bits per heavy atom. The van der Waals surface area contributed by atoms with E-state index in [-0.39, 0.29) is 11.9 Å². The van der Waals surface area contributed by atoms with Gasteiger partial charge in [0.2, 0.25) is 0 Å². The highest BCUT2D eigenvalue weighted by molar-refractivity contribution is 9.10. The van der Waals surface area contributed by atoms with Crippen LogP contribution < -0.4 is 10.2 Å². The van der Waals surface area contributed by atoms with Crippen molar-refractivity contribution in [3.8, 4) is 0 Å². The number of hydrogen-bond donors (Lipinski definition) is 2. The summed E-state index contributed by atoms with van der Waals surface area (Å²) in [4.78, 5) is 13.8. The standard InChI is InChI=1S/C16H23BrN2O/c1-11-8-12(2)10-19(9-11)13(3)16(20)18-15-6-4-14(17)5-7-15/h4-7,11-13H,8-10H2,1-3H3,(H,18,20)/p+1/t11-,12-,13+/m1/s1. The van der Waals surface area contributed by atoms with E-state index in [1.165, 1.54) is 11.3 Å². The first-order chi connectivity index (χ1) is 9.45. The Morgan fingerprint density at radius 1 is 1.25 bits per heavy atom. The predicted octanol–water partition coefficient (Wildman–Crippen LogP) is 2.34. The fourth-order valence-electron chi connectivity index (χ4n) is 3.15. The van der Waals surface area contributed by atoms with Gasteiger partial charge in [0.05, 0.1) is 13.1 Å². The van der Waals surface area contributed by atoms with Crippen LogP contribution in [0.4, 0.5) is 5.69 Å². The Hall–Kier alpha value is -0.870. The summed E-state index contributed by atoms with van der Waals surface area (Å²) in [5.74, 6) is 1.52. The molecule has 110 valence electrons. The monoisotopic (exact) mass is 339 g/mol.